The normalized spacial score (nSPS) is 10.9. The Kier molecular flexibility index (Phi) is 4.05. The third-order valence-electron chi connectivity index (χ3n) is 4.16. The molecule has 0 bridgehead atoms. The zero-order valence-electron chi connectivity index (χ0n) is 13.0. The molecule has 0 atom stereocenters. The molecule has 0 spiro atoms. The fraction of sp³-hybridized carbons (Fsp3) is 0.158. The van der Waals surface area contributed by atoms with E-state index in [1.807, 2.05) is 49.4 Å². The van der Waals surface area contributed by atoms with Gasteiger partial charge in [0.1, 0.15) is 6.29 Å². The number of nitrogens with zero attached hydrogens (tertiary/aromatic N) is 1. The minimum Gasteiger partial charge on any atom is -0.314 e. The average Bonchev–Trinajstić information content (AvgIpc) is 2.54. The summed E-state index contributed by atoms with van der Waals surface area (Å²) in [6, 6.07) is 13.2. The molecule has 3 nitrogen and oxygen atoms in total. The van der Waals surface area contributed by atoms with Gasteiger partial charge in [0.2, 0.25) is 0 Å². The van der Waals surface area contributed by atoms with Crippen LogP contribution in [0.15, 0.2) is 47.3 Å². The number of rotatable bonds is 3. The van der Waals surface area contributed by atoms with E-state index in [2.05, 4.69) is 0 Å². The molecule has 3 aromatic rings. The molecule has 0 aliphatic rings. The monoisotopic (exact) mass is 325 g/mol. The Morgan fingerprint density at radius 3 is 2.48 bits per heavy atom. The Hall–Kier alpha value is -2.39. The molecule has 0 saturated carbocycles. The highest BCUT2D eigenvalue weighted by atomic mass is 35.5. The molecule has 23 heavy (non-hydrogen) atoms. The van der Waals surface area contributed by atoms with Crippen LogP contribution in [0.3, 0.4) is 0 Å². The van der Waals surface area contributed by atoms with Gasteiger partial charge in [0.25, 0.3) is 5.56 Å². The van der Waals surface area contributed by atoms with Crippen molar-refractivity contribution in [1.29, 1.82) is 0 Å². The summed E-state index contributed by atoms with van der Waals surface area (Å²) in [4.78, 5) is 23.8. The van der Waals surface area contributed by atoms with Crippen molar-refractivity contribution in [3.8, 4) is 11.1 Å². The molecule has 116 valence electrons. The lowest BCUT2D eigenvalue weighted by molar-refractivity contribution is -0.107. The summed E-state index contributed by atoms with van der Waals surface area (Å²) in [5, 5.41) is 2.21. The van der Waals surface area contributed by atoms with Crippen LogP contribution >= 0.6 is 11.6 Å². The average molecular weight is 326 g/mol. The first-order valence-electron chi connectivity index (χ1n) is 7.35. The largest absolute Gasteiger partial charge is 0.314 e. The third-order valence-corrected chi connectivity index (χ3v) is 4.41. The molecule has 1 heterocycles. The molecule has 0 amide bonds. The second-order valence-corrected chi connectivity index (χ2v) is 6.00. The van der Waals surface area contributed by atoms with E-state index in [9.17, 15) is 9.59 Å². The molecule has 0 saturated heterocycles. The summed E-state index contributed by atoms with van der Waals surface area (Å²) in [6.45, 7) is 1.98. The molecule has 4 heteroatoms. The Bertz CT molecular complexity index is 956. The van der Waals surface area contributed by atoms with Gasteiger partial charge in [-0.2, -0.15) is 0 Å². The summed E-state index contributed by atoms with van der Waals surface area (Å²) in [5.41, 5.74) is 3.51. The Labute approximate surface area is 139 Å². The quantitative estimate of drug-likeness (QED) is 0.685. The van der Waals surface area contributed by atoms with Crippen LogP contribution in [0.2, 0.25) is 5.02 Å². The minimum atomic E-state index is -0.0849. The lowest BCUT2D eigenvalue weighted by Gasteiger charge is -2.17. The molecule has 0 aliphatic heterocycles. The van der Waals surface area contributed by atoms with E-state index in [4.69, 9.17) is 11.6 Å². The van der Waals surface area contributed by atoms with Crippen LogP contribution in [0.25, 0.3) is 21.9 Å². The highest BCUT2D eigenvalue weighted by molar-refractivity contribution is 6.30. The van der Waals surface area contributed by atoms with Crippen LogP contribution in [-0.2, 0) is 18.3 Å². The van der Waals surface area contributed by atoms with Crippen molar-refractivity contribution in [3.63, 3.8) is 0 Å². The van der Waals surface area contributed by atoms with Crippen molar-refractivity contribution in [1.82, 2.24) is 4.57 Å². The van der Waals surface area contributed by atoms with Crippen molar-refractivity contribution >= 4 is 28.7 Å². The van der Waals surface area contributed by atoms with Gasteiger partial charge >= 0.3 is 0 Å². The predicted molar refractivity (Wildman–Crippen MR) is 94.1 cm³/mol. The summed E-state index contributed by atoms with van der Waals surface area (Å²) in [6.07, 6.45) is 1.02. The number of aldehydes is 1. The van der Waals surface area contributed by atoms with Gasteiger partial charge in [0, 0.05) is 35.1 Å². The Balaban J connectivity index is 2.53. The molecule has 2 aromatic carbocycles. The lowest BCUT2D eigenvalue weighted by atomic mass is 9.93. The van der Waals surface area contributed by atoms with E-state index in [1.54, 1.807) is 11.6 Å². The van der Waals surface area contributed by atoms with Gasteiger partial charge in [-0.05, 0) is 41.6 Å². The number of pyridine rings is 1. The maximum atomic E-state index is 12.6. The number of hydrogen-bond donors (Lipinski definition) is 0. The van der Waals surface area contributed by atoms with Crippen LogP contribution in [0, 0.1) is 6.92 Å². The number of aryl methyl sites for hydroxylation is 1. The van der Waals surface area contributed by atoms with Gasteiger partial charge in [0.15, 0.2) is 0 Å². The Morgan fingerprint density at radius 1 is 1.13 bits per heavy atom. The first-order chi connectivity index (χ1) is 11.0. The van der Waals surface area contributed by atoms with E-state index in [-0.39, 0.29) is 12.0 Å². The SMILES string of the molecule is Cc1cccc2c(=O)n(C)c(CC=O)c(-c3ccc(Cl)cc3)c12. The third kappa shape index (κ3) is 2.57. The molecule has 3 rings (SSSR count). The van der Waals surface area contributed by atoms with Crippen molar-refractivity contribution in [2.45, 2.75) is 13.3 Å². The van der Waals surface area contributed by atoms with Crippen molar-refractivity contribution in [2.75, 3.05) is 0 Å². The fourth-order valence-corrected chi connectivity index (χ4v) is 3.16. The van der Waals surface area contributed by atoms with Gasteiger partial charge in [0.05, 0.1) is 0 Å². The molecular formula is C19H16ClNO2. The van der Waals surface area contributed by atoms with Gasteiger partial charge < -0.3 is 9.36 Å². The predicted octanol–water partition coefficient (Wildman–Crippen LogP) is 3.91. The maximum absolute atomic E-state index is 12.6. The van der Waals surface area contributed by atoms with E-state index in [0.717, 1.165) is 28.4 Å². The van der Waals surface area contributed by atoms with E-state index in [0.29, 0.717) is 16.1 Å². The lowest BCUT2D eigenvalue weighted by Crippen LogP contribution is -2.22. The van der Waals surface area contributed by atoms with Crippen LogP contribution in [0.1, 0.15) is 11.3 Å². The number of carbonyl (C=O) groups excluding carboxylic acids is 1. The number of hydrogen-bond acceptors (Lipinski definition) is 2. The standard InChI is InChI=1S/C19H16ClNO2/c1-12-4-3-5-15-17(12)18(13-6-8-14(20)9-7-13)16(10-11-22)21(2)19(15)23/h3-9,11H,10H2,1-2H3. The number of fused-ring (bicyclic) bond motifs is 1. The van der Waals surface area contributed by atoms with Crippen LogP contribution in [-0.4, -0.2) is 10.9 Å². The second kappa shape index (κ2) is 6.01. The summed E-state index contributed by atoms with van der Waals surface area (Å²) in [5.74, 6) is 0. The molecule has 0 aliphatic carbocycles. The van der Waals surface area contributed by atoms with E-state index in [1.165, 1.54) is 0 Å². The number of carbonyl (C=O) groups is 1. The summed E-state index contributed by atoms with van der Waals surface area (Å²) < 4.78 is 1.57. The van der Waals surface area contributed by atoms with Crippen molar-refractivity contribution in [3.05, 3.63) is 69.1 Å². The van der Waals surface area contributed by atoms with Gasteiger partial charge in [-0.25, -0.2) is 0 Å². The van der Waals surface area contributed by atoms with Gasteiger partial charge in [-0.1, -0.05) is 35.9 Å². The summed E-state index contributed by atoms with van der Waals surface area (Å²) in [7, 11) is 1.71. The molecular weight excluding hydrogens is 310 g/mol. The van der Waals surface area contributed by atoms with E-state index < -0.39 is 0 Å². The molecule has 1 aromatic heterocycles. The zero-order valence-corrected chi connectivity index (χ0v) is 13.7. The summed E-state index contributed by atoms with van der Waals surface area (Å²) >= 11 is 5.99. The van der Waals surface area contributed by atoms with Gasteiger partial charge in [-0.3, -0.25) is 4.79 Å². The Morgan fingerprint density at radius 2 is 1.83 bits per heavy atom. The molecule has 0 radical (unpaired) electrons. The molecule has 0 N–H and O–H groups in total. The first-order valence-corrected chi connectivity index (χ1v) is 7.73. The van der Waals surface area contributed by atoms with E-state index >= 15 is 0 Å². The van der Waals surface area contributed by atoms with Crippen molar-refractivity contribution < 1.29 is 4.79 Å². The number of halogens is 1. The minimum absolute atomic E-state index is 0.0849. The second-order valence-electron chi connectivity index (χ2n) is 5.56. The van der Waals surface area contributed by atoms with Crippen LogP contribution < -0.4 is 5.56 Å². The maximum Gasteiger partial charge on any atom is 0.258 e. The van der Waals surface area contributed by atoms with Crippen LogP contribution in [0.5, 0.6) is 0 Å². The first kappa shape index (κ1) is 15.5. The smallest absolute Gasteiger partial charge is 0.258 e. The number of aromatic nitrogens is 1. The van der Waals surface area contributed by atoms with Gasteiger partial charge in [-0.15, -0.1) is 0 Å². The van der Waals surface area contributed by atoms with Crippen molar-refractivity contribution in [2.24, 2.45) is 7.05 Å². The fourth-order valence-electron chi connectivity index (χ4n) is 3.04. The zero-order chi connectivity index (χ0) is 16.6. The highest BCUT2D eigenvalue weighted by Gasteiger charge is 2.17. The molecule has 0 unspecified atom stereocenters. The highest BCUT2D eigenvalue weighted by Crippen LogP contribution is 2.33. The number of benzene rings is 2. The van der Waals surface area contributed by atoms with Crippen LogP contribution in [0.4, 0.5) is 0 Å². The molecule has 0 fully saturated rings. The topological polar surface area (TPSA) is 39.1 Å².